The Balaban J connectivity index is 1.66. The van der Waals surface area contributed by atoms with Crippen LogP contribution < -0.4 is 5.32 Å². The number of nitrogens with zero attached hydrogens (tertiary/aromatic N) is 3. The Morgan fingerprint density at radius 2 is 2.04 bits per heavy atom. The van der Waals surface area contributed by atoms with Gasteiger partial charge in [-0.2, -0.15) is 4.98 Å². The number of nitrogens with one attached hydrogen (secondary N) is 1. The maximum atomic E-state index is 10.2. The van der Waals surface area contributed by atoms with Crippen molar-refractivity contribution in [1.29, 1.82) is 0 Å². The van der Waals surface area contributed by atoms with E-state index in [1.807, 2.05) is 26.1 Å². The van der Waals surface area contributed by atoms with Gasteiger partial charge >= 0.3 is 0 Å². The largest absolute Gasteiger partial charge is 0.506 e. The summed E-state index contributed by atoms with van der Waals surface area (Å²) in [5.74, 6) is 0.252. The first kappa shape index (κ1) is 14.5. The molecule has 0 bridgehead atoms. The second-order valence-electron chi connectivity index (χ2n) is 6.36. The van der Waals surface area contributed by atoms with Gasteiger partial charge in [-0.3, -0.25) is 0 Å². The van der Waals surface area contributed by atoms with Gasteiger partial charge in [0.25, 0.3) is 0 Å². The van der Waals surface area contributed by atoms with Crippen LogP contribution in [0.5, 0.6) is 5.75 Å². The standard InChI is InChI=1S/C17H20N4OS/c1-10-7-11(2)15(13(22)8-10)21-9-14-16(20-21)19-17(23-14)18-12-5-3-4-6-12/h7-9,12,22H,3-6H2,1-2H3,(H,18,19,20). The minimum Gasteiger partial charge on any atom is -0.506 e. The number of rotatable bonds is 3. The third-order valence-corrected chi connectivity index (χ3v) is 5.32. The Bertz CT molecular complexity index is 806. The van der Waals surface area contributed by atoms with E-state index < -0.39 is 0 Å². The Morgan fingerprint density at radius 1 is 1.26 bits per heavy atom. The summed E-state index contributed by atoms with van der Waals surface area (Å²) in [5, 5.41) is 19.3. The molecule has 1 aliphatic rings. The second-order valence-corrected chi connectivity index (χ2v) is 7.39. The molecule has 1 saturated carbocycles. The normalized spacial score (nSPS) is 15.6. The first-order valence-electron chi connectivity index (χ1n) is 8.03. The number of aromatic nitrogens is 3. The van der Waals surface area contributed by atoms with E-state index in [-0.39, 0.29) is 5.75 Å². The molecule has 0 aliphatic heterocycles. The van der Waals surface area contributed by atoms with Gasteiger partial charge in [0.15, 0.2) is 10.8 Å². The molecule has 2 heterocycles. The molecular formula is C17H20N4OS. The lowest BCUT2D eigenvalue weighted by atomic mass is 10.1. The SMILES string of the molecule is Cc1cc(C)c(-n2cc3sc(NC4CCCC4)nc3n2)c(O)c1. The third-order valence-electron chi connectivity index (χ3n) is 4.41. The second kappa shape index (κ2) is 5.53. The van der Waals surface area contributed by atoms with Gasteiger partial charge in [0.1, 0.15) is 11.4 Å². The summed E-state index contributed by atoms with van der Waals surface area (Å²) < 4.78 is 2.77. The highest BCUT2D eigenvalue weighted by molar-refractivity contribution is 7.22. The summed E-state index contributed by atoms with van der Waals surface area (Å²) in [4.78, 5) is 4.59. The molecule has 3 aromatic rings. The molecule has 5 nitrogen and oxygen atoms in total. The molecule has 0 amide bonds. The van der Waals surface area contributed by atoms with Crippen molar-refractivity contribution in [3.63, 3.8) is 0 Å². The quantitative estimate of drug-likeness (QED) is 0.758. The fraction of sp³-hybridized carbons (Fsp3) is 0.412. The Hall–Kier alpha value is -2.08. The van der Waals surface area contributed by atoms with Gasteiger partial charge in [-0.05, 0) is 43.9 Å². The van der Waals surface area contributed by atoms with Crippen LogP contribution in [0.4, 0.5) is 5.13 Å². The van der Waals surface area contributed by atoms with E-state index in [0.29, 0.717) is 6.04 Å². The van der Waals surface area contributed by atoms with Crippen LogP contribution in [0.1, 0.15) is 36.8 Å². The monoisotopic (exact) mass is 328 g/mol. The lowest BCUT2D eigenvalue weighted by Crippen LogP contribution is -2.14. The molecule has 0 radical (unpaired) electrons. The van der Waals surface area contributed by atoms with Crippen molar-refractivity contribution in [3.05, 3.63) is 29.5 Å². The van der Waals surface area contributed by atoms with Crippen LogP contribution in [-0.4, -0.2) is 25.9 Å². The number of aryl methyl sites for hydroxylation is 2. The summed E-state index contributed by atoms with van der Waals surface area (Å²) in [6.45, 7) is 3.96. The minimum atomic E-state index is 0.252. The zero-order valence-electron chi connectivity index (χ0n) is 13.3. The van der Waals surface area contributed by atoms with Crippen LogP contribution in [0, 0.1) is 13.8 Å². The molecule has 2 N–H and O–H groups in total. The number of thiazole rings is 1. The van der Waals surface area contributed by atoms with Crippen molar-refractivity contribution < 1.29 is 5.11 Å². The average Bonchev–Trinajstić information content (AvgIpc) is 3.14. The van der Waals surface area contributed by atoms with Crippen molar-refractivity contribution in [2.45, 2.75) is 45.6 Å². The van der Waals surface area contributed by atoms with Gasteiger partial charge in [-0.25, -0.2) is 4.68 Å². The molecule has 2 aromatic heterocycles. The molecule has 0 unspecified atom stereocenters. The maximum Gasteiger partial charge on any atom is 0.194 e. The fourth-order valence-electron chi connectivity index (χ4n) is 3.38. The van der Waals surface area contributed by atoms with E-state index in [1.54, 1.807) is 22.1 Å². The number of phenolic OH excluding ortho intramolecular Hbond substituents is 1. The number of aromatic hydroxyl groups is 1. The first-order chi connectivity index (χ1) is 11.1. The van der Waals surface area contributed by atoms with Crippen molar-refractivity contribution in [2.24, 2.45) is 0 Å². The molecule has 120 valence electrons. The highest BCUT2D eigenvalue weighted by Gasteiger charge is 2.18. The maximum absolute atomic E-state index is 10.2. The Morgan fingerprint density at radius 3 is 2.74 bits per heavy atom. The van der Waals surface area contributed by atoms with Gasteiger partial charge in [0, 0.05) is 6.04 Å². The molecule has 6 heteroatoms. The lowest BCUT2D eigenvalue weighted by molar-refractivity contribution is 0.469. The fourth-order valence-corrected chi connectivity index (χ4v) is 4.27. The van der Waals surface area contributed by atoms with Gasteiger partial charge in [0.05, 0.1) is 10.9 Å². The Kier molecular flexibility index (Phi) is 3.49. The van der Waals surface area contributed by atoms with Crippen LogP contribution in [0.15, 0.2) is 18.3 Å². The summed E-state index contributed by atoms with van der Waals surface area (Å²) in [5.41, 5.74) is 3.50. The average molecular weight is 328 g/mol. The number of hydrogen-bond acceptors (Lipinski definition) is 5. The Labute approximate surface area is 139 Å². The zero-order valence-corrected chi connectivity index (χ0v) is 14.2. The molecule has 1 aromatic carbocycles. The lowest BCUT2D eigenvalue weighted by Gasteiger charge is -2.10. The molecule has 4 rings (SSSR count). The van der Waals surface area contributed by atoms with Crippen molar-refractivity contribution >= 4 is 26.8 Å². The number of fused-ring (bicyclic) bond motifs is 1. The molecule has 1 fully saturated rings. The smallest absolute Gasteiger partial charge is 0.194 e. The van der Waals surface area contributed by atoms with E-state index >= 15 is 0 Å². The molecule has 0 atom stereocenters. The summed E-state index contributed by atoms with van der Waals surface area (Å²) in [7, 11) is 0. The van der Waals surface area contributed by atoms with Crippen LogP contribution in [0.25, 0.3) is 16.0 Å². The van der Waals surface area contributed by atoms with E-state index in [9.17, 15) is 5.11 Å². The van der Waals surface area contributed by atoms with E-state index in [1.165, 1.54) is 25.7 Å². The zero-order chi connectivity index (χ0) is 16.0. The van der Waals surface area contributed by atoms with Crippen LogP contribution in [0.3, 0.4) is 0 Å². The van der Waals surface area contributed by atoms with Crippen molar-refractivity contribution in [1.82, 2.24) is 14.8 Å². The minimum absolute atomic E-state index is 0.252. The summed E-state index contributed by atoms with van der Waals surface area (Å²) in [6, 6.07) is 4.37. The van der Waals surface area contributed by atoms with Gasteiger partial charge in [0.2, 0.25) is 0 Å². The van der Waals surface area contributed by atoms with Gasteiger partial charge in [-0.1, -0.05) is 30.2 Å². The number of hydrogen-bond donors (Lipinski definition) is 2. The van der Waals surface area contributed by atoms with Crippen molar-refractivity contribution in [2.75, 3.05) is 5.32 Å². The van der Waals surface area contributed by atoms with E-state index in [4.69, 9.17) is 0 Å². The molecule has 0 saturated heterocycles. The number of anilines is 1. The molecule has 23 heavy (non-hydrogen) atoms. The molecule has 1 aliphatic carbocycles. The first-order valence-corrected chi connectivity index (χ1v) is 8.85. The highest BCUT2D eigenvalue weighted by Crippen LogP contribution is 2.32. The number of phenols is 1. The number of benzene rings is 1. The summed E-state index contributed by atoms with van der Waals surface area (Å²) >= 11 is 1.63. The third kappa shape index (κ3) is 2.67. The van der Waals surface area contributed by atoms with Gasteiger partial charge < -0.3 is 10.4 Å². The van der Waals surface area contributed by atoms with Crippen LogP contribution >= 0.6 is 11.3 Å². The van der Waals surface area contributed by atoms with E-state index in [2.05, 4.69) is 15.4 Å². The predicted octanol–water partition coefficient (Wildman–Crippen LogP) is 4.16. The van der Waals surface area contributed by atoms with Gasteiger partial charge in [-0.15, -0.1) is 5.10 Å². The van der Waals surface area contributed by atoms with Crippen LogP contribution in [-0.2, 0) is 0 Å². The topological polar surface area (TPSA) is 63.0 Å². The summed E-state index contributed by atoms with van der Waals surface area (Å²) in [6.07, 6.45) is 7.02. The van der Waals surface area contributed by atoms with E-state index in [0.717, 1.165) is 32.3 Å². The molecular weight excluding hydrogens is 308 g/mol. The molecule has 0 spiro atoms. The highest BCUT2D eigenvalue weighted by atomic mass is 32.1. The van der Waals surface area contributed by atoms with Crippen molar-refractivity contribution in [3.8, 4) is 11.4 Å². The van der Waals surface area contributed by atoms with Crippen LogP contribution in [0.2, 0.25) is 0 Å². The predicted molar refractivity (Wildman–Crippen MR) is 93.8 cm³/mol.